The van der Waals surface area contributed by atoms with Crippen molar-refractivity contribution in [2.75, 3.05) is 18.0 Å². The molecule has 2 heteroatoms. The number of nitrogens with zero attached hydrogens (tertiary/aromatic N) is 1. The van der Waals surface area contributed by atoms with Gasteiger partial charge in [-0.15, -0.1) is 0 Å². The van der Waals surface area contributed by atoms with Gasteiger partial charge in [-0.2, -0.15) is 0 Å². The van der Waals surface area contributed by atoms with Crippen LogP contribution >= 0.6 is 0 Å². The third-order valence-electron chi connectivity index (χ3n) is 4.54. The first-order chi connectivity index (χ1) is 8.47. The Morgan fingerprint density at radius 1 is 1.39 bits per heavy atom. The second-order valence-electron chi connectivity index (χ2n) is 5.99. The highest BCUT2D eigenvalue weighted by molar-refractivity contribution is 5.57. The molecule has 100 valence electrons. The van der Waals surface area contributed by atoms with E-state index in [1.54, 1.807) is 0 Å². The molecule has 18 heavy (non-hydrogen) atoms. The lowest BCUT2D eigenvalue weighted by Crippen LogP contribution is -2.62. The molecule has 1 aliphatic rings. The minimum atomic E-state index is 0.239. The van der Waals surface area contributed by atoms with Crippen molar-refractivity contribution in [2.45, 2.75) is 52.6 Å². The molecule has 1 aromatic carbocycles. The quantitative estimate of drug-likeness (QED) is 0.861. The topological polar surface area (TPSA) is 15.3 Å². The Kier molecular flexibility index (Phi) is 3.67. The molecule has 1 saturated heterocycles. The van der Waals surface area contributed by atoms with E-state index < -0.39 is 0 Å². The molecule has 0 spiro atoms. The minimum Gasteiger partial charge on any atom is -0.365 e. The van der Waals surface area contributed by atoms with E-state index in [2.05, 4.69) is 63.0 Å². The summed E-state index contributed by atoms with van der Waals surface area (Å²) in [5.41, 5.74) is 4.45. The number of nitrogens with one attached hydrogen (secondary N) is 1. The second-order valence-corrected chi connectivity index (χ2v) is 5.99. The highest BCUT2D eigenvalue weighted by atomic mass is 15.3. The summed E-state index contributed by atoms with van der Waals surface area (Å²) in [6.45, 7) is 13.5. The van der Waals surface area contributed by atoms with Crippen LogP contribution in [0.4, 0.5) is 5.69 Å². The van der Waals surface area contributed by atoms with Crippen molar-refractivity contribution in [2.24, 2.45) is 0 Å². The van der Waals surface area contributed by atoms with Crippen LogP contribution in [-0.2, 0) is 0 Å². The molecule has 2 atom stereocenters. The summed E-state index contributed by atoms with van der Waals surface area (Å²) in [7, 11) is 0. The molecular weight excluding hydrogens is 220 g/mol. The van der Waals surface area contributed by atoms with Crippen LogP contribution in [0.15, 0.2) is 18.2 Å². The summed E-state index contributed by atoms with van der Waals surface area (Å²) in [5.74, 6) is 0. The third kappa shape index (κ3) is 2.39. The van der Waals surface area contributed by atoms with Gasteiger partial charge in [0, 0.05) is 30.4 Å². The molecule has 1 N–H and O–H groups in total. The summed E-state index contributed by atoms with van der Waals surface area (Å²) in [5, 5.41) is 3.69. The van der Waals surface area contributed by atoms with Gasteiger partial charge in [0.2, 0.25) is 0 Å². The number of anilines is 1. The van der Waals surface area contributed by atoms with Crippen LogP contribution in [0, 0.1) is 13.8 Å². The molecular formula is C16H26N2. The summed E-state index contributed by atoms with van der Waals surface area (Å²) in [6.07, 6.45) is 1.17. The maximum Gasteiger partial charge on any atom is 0.0402 e. The monoisotopic (exact) mass is 246 g/mol. The van der Waals surface area contributed by atoms with Crippen LogP contribution in [0.25, 0.3) is 0 Å². The lowest BCUT2D eigenvalue weighted by Gasteiger charge is -2.46. The molecule has 0 aliphatic carbocycles. The van der Waals surface area contributed by atoms with Crippen LogP contribution in [0.3, 0.4) is 0 Å². The van der Waals surface area contributed by atoms with Crippen LogP contribution in [-0.4, -0.2) is 24.7 Å². The average molecular weight is 246 g/mol. The van der Waals surface area contributed by atoms with Gasteiger partial charge in [-0.05, 0) is 51.3 Å². The standard InChI is InChI=1S/C16H26N2/c1-6-16(5)11-18(13(3)10-17-16)15-9-7-8-12(2)14(15)4/h7-9,13,17H,6,10-11H2,1-5H3. The zero-order chi connectivity index (χ0) is 13.3. The number of benzene rings is 1. The van der Waals surface area contributed by atoms with Crippen molar-refractivity contribution in [3.63, 3.8) is 0 Å². The molecule has 1 heterocycles. The van der Waals surface area contributed by atoms with E-state index in [1.807, 2.05) is 0 Å². The summed E-state index contributed by atoms with van der Waals surface area (Å²) in [4.78, 5) is 2.57. The van der Waals surface area contributed by atoms with Crippen molar-refractivity contribution in [3.8, 4) is 0 Å². The van der Waals surface area contributed by atoms with Crippen molar-refractivity contribution in [1.29, 1.82) is 0 Å². The van der Waals surface area contributed by atoms with Gasteiger partial charge in [0.1, 0.15) is 0 Å². The Morgan fingerprint density at radius 2 is 2.11 bits per heavy atom. The number of rotatable bonds is 2. The first-order valence-electron chi connectivity index (χ1n) is 7.05. The first-order valence-corrected chi connectivity index (χ1v) is 7.05. The predicted octanol–water partition coefficient (Wildman–Crippen LogP) is 3.27. The Hall–Kier alpha value is -1.02. The molecule has 0 bridgehead atoms. The van der Waals surface area contributed by atoms with Gasteiger partial charge >= 0.3 is 0 Å². The van der Waals surface area contributed by atoms with Gasteiger partial charge in [0.05, 0.1) is 0 Å². The first kappa shape index (κ1) is 13.4. The van der Waals surface area contributed by atoms with Crippen LogP contribution in [0.5, 0.6) is 0 Å². The Labute approximate surface area is 111 Å². The fourth-order valence-electron chi connectivity index (χ4n) is 2.70. The number of piperazine rings is 1. The van der Waals surface area contributed by atoms with Gasteiger partial charge in [-0.3, -0.25) is 0 Å². The normalized spacial score (nSPS) is 28.5. The van der Waals surface area contributed by atoms with E-state index in [0.717, 1.165) is 13.1 Å². The summed E-state index contributed by atoms with van der Waals surface area (Å²) < 4.78 is 0. The molecule has 0 radical (unpaired) electrons. The maximum absolute atomic E-state index is 3.69. The predicted molar refractivity (Wildman–Crippen MR) is 79.4 cm³/mol. The van der Waals surface area contributed by atoms with Crippen LogP contribution in [0.2, 0.25) is 0 Å². The van der Waals surface area contributed by atoms with Crippen molar-refractivity contribution in [3.05, 3.63) is 29.3 Å². The van der Waals surface area contributed by atoms with Gasteiger partial charge in [-0.25, -0.2) is 0 Å². The number of hydrogen-bond donors (Lipinski definition) is 1. The summed E-state index contributed by atoms with van der Waals surface area (Å²) >= 11 is 0. The van der Waals surface area contributed by atoms with Crippen molar-refractivity contribution >= 4 is 5.69 Å². The largest absolute Gasteiger partial charge is 0.365 e. The highest BCUT2D eigenvalue weighted by Gasteiger charge is 2.33. The average Bonchev–Trinajstić information content (AvgIpc) is 2.36. The fourth-order valence-corrected chi connectivity index (χ4v) is 2.70. The molecule has 0 aromatic heterocycles. The smallest absolute Gasteiger partial charge is 0.0402 e. The van der Waals surface area contributed by atoms with Crippen molar-refractivity contribution in [1.82, 2.24) is 5.32 Å². The Balaban J connectivity index is 2.33. The number of aryl methyl sites for hydroxylation is 1. The van der Waals surface area contributed by atoms with Crippen LogP contribution in [0.1, 0.15) is 38.3 Å². The molecule has 2 nitrogen and oxygen atoms in total. The molecule has 1 fully saturated rings. The van der Waals surface area contributed by atoms with Gasteiger partial charge in [0.25, 0.3) is 0 Å². The maximum atomic E-state index is 3.69. The van der Waals surface area contributed by atoms with Crippen molar-refractivity contribution < 1.29 is 0 Å². The van der Waals surface area contributed by atoms with Gasteiger partial charge in [-0.1, -0.05) is 19.1 Å². The Morgan fingerprint density at radius 3 is 2.78 bits per heavy atom. The SMILES string of the molecule is CCC1(C)CN(c2cccc(C)c2C)C(C)CN1. The lowest BCUT2D eigenvalue weighted by atomic mass is 9.92. The van der Waals surface area contributed by atoms with E-state index >= 15 is 0 Å². The number of hydrogen-bond acceptors (Lipinski definition) is 2. The molecule has 0 amide bonds. The highest BCUT2D eigenvalue weighted by Crippen LogP contribution is 2.29. The molecule has 2 rings (SSSR count). The zero-order valence-corrected chi connectivity index (χ0v) is 12.4. The van der Waals surface area contributed by atoms with E-state index in [9.17, 15) is 0 Å². The fraction of sp³-hybridized carbons (Fsp3) is 0.625. The van der Waals surface area contributed by atoms with Gasteiger partial charge < -0.3 is 10.2 Å². The molecule has 2 unspecified atom stereocenters. The minimum absolute atomic E-state index is 0.239. The molecule has 1 aromatic rings. The zero-order valence-electron chi connectivity index (χ0n) is 12.4. The Bertz CT molecular complexity index is 427. The second kappa shape index (κ2) is 4.93. The summed E-state index contributed by atoms with van der Waals surface area (Å²) in [6, 6.07) is 7.20. The molecule has 1 aliphatic heterocycles. The molecule has 0 saturated carbocycles. The lowest BCUT2D eigenvalue weighted by molar-refractivity contribution is 0.285. The van der Waals surface area contributed by atoms with E-state index in [0.29, 0.717) is 6.04 Å². The van der Waals surface area contributed by atoms with Gasteiger partial charge in [0.15, 0.2) is 0 Å². The van der Waals surface area contributed by atoms with E-state index in [-0.39, 0.29) is 5.54 Å². The van der Waals surface area contributed by atoms with E-state index in [4.69, 9.17) is 0 Å². The van der Waals surface area contributed by atoms with Crippen LogP contribution < -0.4 is 10.2 Å². The third-order valence-corrected chi connectivity index (χ3v) is 4.54. The van der Waals surface area contributed by atoms with E-state index in [1.165, 1.54) is 23.2 Å².